The molecule has 2 aliphatic heterocycles. The molecule has 2 amide bonds. The van der Waals surface area contributed by atoms with Gasteiger partial charge in [0.1, 0.15) is 20.3 Å². The number of methoxy groups -OCH3 is 1. The van der Waals surface area contributed by atoms with Crippen molar-refractivity contribution < 1.29 is 28.5 Å². The van der Waals surface area contributed by atoms with Crippen LogP contribution in [0.5, 0.6) is 0 Å². The topological polar surface area (TPSA) is 112 Å². The zero-order valence-corrected chi connectivity index (χ0v) is 24.6. The van der Waals surface area contributed by atoms with Crippen molar-refractivity contribution >= 4 is 46.6 Å². The van der Waals surface area contributed by atoms with Crippen LogP contribution in [0.25, 0.3) is 11.3 Å². The molecule has 10 nitrogen and oxygen atoms in total. The third kappa shape index (κ3) is 7.17. The van der Waals surface area contributed by atoms with Gasteiger partial charge < -0.3 is 20.3 Å². The first kappa shape index (κ1) is 29.7. The minimum absolute atomic E-state index is 0.295. The Morgan fingerprint density at radius 1 is 1.02 bits per heavy atom. The lowest BCUT2D eigenvalue weighted by molar-refractivity contribution is -0.461. The maximum absolute atomic E-state index is 13.2. The Bertz CT molecular complexity index is 1560. The number of amides is 2. The lowest BCUT2D eigenvalue weighted by Gasteiger charge is -2.16. The number of carbonyl (C=O) groups excluding carboxylic acids is 3. The van der Waals surface area contributed by atoms with Crippen LogP contribution in [0.15, 0.2) is 72.8 Å². The van der Waals surface area contributed by atoms with Gasteiger partial charge in [-0.05, 0) is 54.9 Å². The zero-order chi connectivity index (χ0) is 30.3. The minimum atomic E-state index is -0.482. The van der Waals surface area contributed by atoms with E-state index in [0.717, 1.165) is 31.6 Å². The van der Waals surface area contributed by atoms with E-state index in [0.29, 0.717) is 51.9 Å². The first-order chi connectivity index (χ1) is 20.8. The molecule has 3 aromatic rings. The highest BCUT2D eigenvalue weighted by Crippen LogP contribution is 2.38. The third-order valence-electron chi connectivity index (χ3n) is 7.41. The van der Waals surface area contributed by atoms with Crippen molar-refractivity contribution in [2.24, 2.45) is 5.92 Å². The summed E-state index contributed by atoms with van der Waals surface area (Å²) < 4.78 is 6.91. The van der Waals surface area contributed by atoms with Gasteiger partial charge in [-0.3, -0.25) is 14.4 Å². The molecule has 1 saturated heterocycles. The number of hydrogen-bond acceptors (Lipinski definition) is 7. The molecular formula is C33H36N5O5+. The predicted molar refractivity (Wildman–Crippen MR) is 166 cm³/mol. The van der Waals surface area contributed by atoms with E-state index in [1.54, 1.807) is 42.5 Å². The highest BCUT2D eigenvalue weighted by atomic mass is 16.7. The van der Waals surface area contributed by atoms with Crippen LogP contribution < -0.4 is 16.1 Å². The molecule has 0 aliphatic carbocycles. The van der Waals surface area contributed by atoms with Crippen molar-refractivity contribution in [2.75, 3.05) is 58.1 Å². The molecule has 5 rings (SSSR count). The number of likely N-dealkylation sites (tertiary alicyclic amines) is 1. The summed E-state index contributed by atoms with van der Waals surface area (Å²) in [5, 5.41) is 6.24. The molecule has 0 aromatic heterocycles. The molecule has 1 atom stereocenters. The van der Waals surface area contributed by atoms with Gasteiger partial charge in [-0.2, -0.15) is 0 Å². The van der Waals surface area contributed by atoms with E-state index in [2.05, 4.69) is 31.8 Å². The number of nitrogens with one attached hydrogen (secondary N) is 3. The van der Waals surface area contributed by atoms with Crippen molar-refractivity contribution in [1.82, 2.24) is 10.4 Å². The molecule has 10 heteroatoms. The zero-order valence-electron chi connectivity index (χ0n) is 24.6. The Hall–Kier alpha value is -4.80. The quantitative estimate of drug-likeness (QED) is 0.0834. The summed E-state index contributed by atoms with van der Waals surface area (Å²) in [6, 6.07) is 21.4. The van der Waals surface area contributed by atoms with Crippen LogP contribution in [0.1, 0.15) is 38.3 Å². The van der Waals surface area contributed by atoms with E-state index in [-0.39, 0.29) is 11.8 Å². The molecule has 3 aromatic carbocycles. The number of rotatable bonds is 10. The highest BCUT2D eigenvalue weighted by Gasteiger charge is 2.29. The Kier molecular flexibility index (Phi) is 9.29. The number of nitrogens with zero attached hydrogens (tertiary/aromatic N) is 2. The van der Waals surface area contributed by atoms with E-state index in [1.165, 1.54) is 7.11 Å². The molecule has 0 saturated carbocycles. The van der Waals surface area contributed by atoms with Crippen LogP contribution in [0.2, 0.25) is 0 Å². The predicted octanol–water partition coefficient (Wildman–Crippen LogP) is 3.73. The summed E-state index contributed by atoms with van der Waals surface area (Å²) in [5.41, 5.74) is 7.04. The molecule has 2 heterocycles. The maximum atomic E-state index is 13.2. The molecule has 2 aliphatic rings. The minimum Gasteiger partial charge on any atom is -0.465 e. The molecule has 3 N–H and O–H groups in total. The van der Waals surface area contributed by atoms with E-state index >= 15 is 0 Å². The molecule has 0 radical (unpaired) electrons. The Morgan fingerprint density at radius 3 is 2.49 bits per heavy atom. The number of esters is 1. The average Bonchev–Trinajstić information content (AvgIpc) is 3.60. The first-order valence-electron chi connectivity index (χ1n) is 14.2. The summed E-state index contributed by atoms with van der Waals surface area (Å²) >= 11 is 0. The second-order valence-electron chi connectivity index (χ2n) is 10.8. The normalized spacial score (nSPS) is 17.1. The summed E-state index contributed by atoms with van der Waals surface area (Å²) in [5.74, 6) is -0.563. The molecule has 43 heavy (non-hydrogen) atoms. The molecule has 222 valence electrons. The fraction of sp³-hybridized carbons (Fsp3) is 0.273. The molecule has 1 unspecified atom stereocenters. The van der Waals surface area contributed by atoms with Gasteiger partial charge >= 0.3 is 5.97 Å². The monoisotopic (exact) mass is 582 g/mol. The standard InChI is InChI=1S/C33H35N5O5/c1-37(2)20-22-15-16-38(21-22)17-18-43-36-31(39)24-9-12-26(13-10-24)34-30(23-7-5-4-6-8-23)29-27-14-11-25(33(41)42-3)19-28(27)35-32(29)40/h4-14,19-20,22H,15-18,21H2,1-3H3,(H2-,34,35,36,39,40,41)/p+1. The number of anilines is 2. The molecule has 0 bridgehead atoms. The summed E-state index contributed by atoms with van der Waals surface area (Å²) in [7, 11) is 5.40. The smallest absolute Gasteiger partial charge is 0.337 e. The van der Waals surface area contributed by atoms with Crippen molar-refractivity contribution in [3.05, 3.63) is 95.1 Å². The second kappa shape index (κ2) is 13.5. The van der Waals surface area contributed by atoms with E-state index in [9.17, 15) is 14.4 Å². The largest absolute Gasteiger partial charge is 0.465 e. The van der Waals surface area contributed by atoms with Gasteiger partial charge in [-0.1, -0.05) is 36.4 Å². The van der Waals surface area contributed by atoms with Crippen molar-refractivity contribution in [1.29, 1.82) is 0 Å². The Morgan fingerprint density at radius 2 is 1.77 bits per heavy atom. The number of benzene rings is 3. The Labute approximate surface area is 250 Å². The van der Waals surface area contributed by atoms with E-state index in [1.807, 2.05) is 44.4 Å². The van der Waals surface area contributed by atoms with Crippen LogP contribution in [0.4, 0.5) is 11.4 Å². The van der Waals surface area contributed by atoms with Crippen LogP contribution in [0, 0.1) is 5.92 Å². The molecule has 0 spiro atoms. The SMILES string of the molecule is COC(=O)c1ccc2c(c1)NC(=O)/C2=C(\Nc1ccc(C(=O)NOCCN2CCC(C=[N+](C)C)C2)cc1)c1ccccc1. The number of fused-ring (bicyclic) bond motifs is 1. The first-order valence-corrected chi connectivity index (χ1v) is 14.2. The summed E-state index contributed by atoms with van der Waals surface area (Å²) in [6.07, 6.45) is 3.37. The van der Waals surface area contributed by atoms with Gasteiger partial charge in [0.2, 0.25) is 0 Å². The van der Waals surface area contributed by atoms with Crippen LogP contribution in [-0.2, 0) is 14.4 Å². The van der Waals surface area contributed by atoms with Crippen molar-refractivity contribution in [3.63, 3.8) is 0 Å². The molecular weight excluding hydrogens is 546 g/mol. The van der Waals surface area contributed by atoms with Crippen LogP contribution in [0.3, 0.4) is 0 Å². The van der Waals surface area contributed by atoms with E-state index in [4.69, 9.17) is 9.57 Å². The lowest BCUT2D eigenvalue weighted by atomic mass is 9.99. The fourth-order valence-corrected chi connectivity index (χ4v) is 5.36. The number of ether oxygens (including phenoxy) is 1. The van der Waals surface area contributed by atoms with Crippen LogP contribution in [-0.4, -0.2) is 80.9 Å². The van der Waals surface area contributed by atoms with Gasteiger partial charge in [0.15, 0.2) is 0 Å². The number of hydroxylamine groups is 1. The summed E-state index contributed by atoms with van der Waals surface area (Å²) in [6.45, 7) is 3.16. The lowest BCUT2D eigenvalue weighted by Crippen LogP contribution is -2.30. The highest BCUT2D eigenvalue weighted by molar-refractivity contribution is 6.37. The number of hydrogen-bond donors (Lipinski definition) is 3. The fourth-order valence-electron chi connectivity index (χ4n) is 5.36. The van der Waals surface area contributed by atoms with Gasteiger partial charge in [-0.15, -0.1) is 0 Å². The Balaban J connectivity index is 1.26. The van der Waals surface area contributed by atoms with Gasteiger partial charge in [0.25, 0.3) is 11.8 Å². The molecule has 1 fully saturated rings. The maximum Gasteiger partial charge on any atom is 0.337 e. The van der Waals surface area contributed by atoms with Gasteiger partial charge in [0.05, 0.1) is 36.2 Å². The van der Waals surface area contributed by atoms with Gasteiger partial charge in [0, 0.05) is 35.8 Å². The van der Waals surface area contributed by atoms with Crippen molar-refractivity contribution in [2.45, 2.75) is 6.42 Å². The number of carbonyl (C=O) groups is 3. The summed E-state index contributed by atoms with van der Waals surface area (Å²) in [4.78, 5) is 45.7. The second-order valence-corrected chi connectivity index (χ2v) is 10.8. The average molecular weight is 583 g/mol. The van der Waals surface area contributed by atoms with E-state index < -0.39 is 5.97 Å². The third-order valence-corrected chi connectivity index (χ3v) is 7.41. The van der Waals surface area contributed by atoms with Gasteiger partial charge in [-0.25, -0.2) is 14.9 Å². The van der Waals surface area contributed by atoms with Crippen molar-refractivity contribution in [3.8, 4) is 0 Å². The van der Waals surface area contributed by atoms with Crippen LogP contribution >= 0.6 is 0 Å².